The van der Waals surface area contributed by atoms with Gasteiger partial charge in [0.2, 0.25) is 0 Å². The molecule has 0 unspecified atom stereocenters. The first-order valence-corrected chi connectivity index (χ1v) is 4.03. The van der Waals surface area contributed by atoms with Crippen molar-refractivity contribution in [2.24, 2.45) is 0 Å². The normalized spacial score (nSPS) is 10.1. The molecule has 0 amide bonds. The van der Waals surface area contributed by atoms with E-state index in [9.17, 15) is 0 Å². The van der Waals surface area contributed by atoms with Crippen molar-refractivity contribution in [3.63, 3.8) is 0 Å². The highest BCUT2D eigenvalue weighted by molar-refractivity contribution is 6.58. The summed E-state index contributed by atoms with van der Waals surface area (Å²) in [5, 5.41) is 18.4. The van der Waals surface area contributed by atoms with E-state index < -0.39 is 7.12 Å². The lowest BCUT2D eigenvalue weighted by atomic mass is 9.79. The van der Waals surface area contributed by atoms with Crippen LogP contribution >= 0.6 is 11.6 Å². The zero-order valence-corrected chi connectivity index (χ0v) is 7.76. The Morgan fingerprint density at radius 3 is 1.92 bits per heavy atom. The molecule has 2 nitrogen and oxygen atoms in total. The molecule has 12 heavy (non-hydrogen) atoms. The van der Waals surface area contributed by atoms with E-state index in [4.69, 9.17) is 21.6 Å². The maximum Gasteiger partial charge on any atom is 0.488 e. The Bertz CT molecular complexity index is 276. The topological polar surface area (TPSA) is 40.5 Å². The van der Waals surface area contributed by atoms with E-state index in [2.05, 4.69) is 0 Å². The highest BCUT2D eigenvalue weighted by atomic mass is 35.5. The predicted octanol–water partition coefficient (Wildman–Crippen LogP) is 0.637. The third kappa shape index (κ3) is 1.80. The van der Waals surface area contributed by atoms with Crippen LogP contribution in [0.15, 0.2) is 12.1 Å². The van der Waals surface area contributed by atoms with Gasteiger partial charge in [0.25, 0.3) is 0 Å². The SMILES string of the molecule is Cc1cc(B(O)O)cc(C)c1Cl. The molecular formula is C8H10BClO2. The van der Waals surface area contributed by atoms with Gasteiger partial charge in [0.15, 0.2) is 0 Å². The third-order valence-corrected chi connectivity index (χ3v) is 2.35. The first-order valence-electron chi connectivity index (χ1n) is 3.65. The van der Waals surface area contributed by atoms with Gasteiger partial charge < -0.3 is 10.0 Å². The monoisotopic (exact) mass is 184 g/mol. The van der Waals surface area contributed by atoms with Crippen molar-refractivity contribution in [2.45, 2.75) is 13.8 Å². The molecule has 0 radical (unpaired) electrons. The smallest absolute Gasteiger partial charge is 0.423 e. The molecule has 1 aromatic carbocycles. The fraction of sp³-hybridized carbons (Fsp3) is 0.250. The minimum Gasteiger partial charge on any atom is -0.423 e. The van der Waals surface area contributed by atoms with Crippen LogP contribution in [-0.4, -0.2) is 17.2 Å². The number of hydrogen-bond acceptors (Lipinski definition) is 2. The van der Waals surface area contributed by atoms with E-state index in [1.807, 2.05) is 13.8 Å². The number of hydrogen-bond donors (Lipinski definition) is 2. The summed E-state index contributed by atoms with van der Waals surface area (Å²) < 4.78 is 0. The zero-order chi connectivity index (χ0) is 9.30. The van der Waals surface area contributed by atoms with Crippen molar-refractivity contribution in [1.29, 1.82) is 0 Å². The first kappa shape index (κ1) is 9.58. The van der Waals surface area contributed by atoms with E-state index in [1.165, 1.54) is 0 Å². The van der Waals surface area contributed by atoms with Crippen molar-refractivity contribution in [3.05, 3.63) is 28.3 Å². The molecule has 0 saturated heterocycles. The van der Waals surface area contributed by atoms with Gasteiger partial charge in [-0.2, -0.15) is 0 Å². The van der Waals surface area contributed by atoms with Crippen molar-refractivity contribution >= 4 is 24.2 Å². The number of rotatable bonds is 1. The number of halogens is 1. The molecule has 0 atom stereocenters. The second-order valence-electron chi connectivity index (χ2n) is 2.84. The summed E-state index contributed by atoms with van der Waals surface area (Å²) in [4.78, 5) is 0. The van der Waals surface area contributed by atoms with Gasteiger partial charge in [0.1, 0.15) is 0 Å². The summed E-state index contributed by atoms with van der Waals surface area (Å²) in [6, 6.07) is 3.33. The molecule has 0 spiro atoms. The maximum absolute atomic E-state index is 8.88. The van der Waals surface area contributed by atoms with Crippen molar-refractivity contribution in [3.8, 4) is 0 Å². The molecular weight excluding hydrogens is 174 g/mol. The molecule has 0 heterocycles. The summed E-state index contributed by atoms with van der Waals surface area (Å²) >= 11 is 5.89. The molecule has 4 heteroatoms. The highest BCUT2D eigenvalue weighted by Gasteiger charge is 2.12. The molecule has 0 saturated carbocycles. The van der Waals surface area contributed by atoms with Crippen LogP contribution in [0, 0.1) is 13.8 Å². The van der Waals surface area contributed by atoms with Crippen molar-refractivity contribution < 1.29 is 10.0 Å². The molecule has 0 bridgehead atoms. The molecule has 1 rings (SSSR count). The number of aryl methyl sites for hydroxylation is 2. The summed E-state index contributed by atoms with van der Waals surface area (Å²) in [5.41, 5.74) is 2.20. The van der Waals surface area contributed by atoms with E-state index in [0.717, 1.165) is 11.1 Å². The minimum atomic E-state index is -1.42. The lowest BCUT2D eigenvalue weighted by Crippen LogP contribution is -2.30. The molecule has 2 N–H and O–H groups in total. The Balaban J connectivity index is 3.21. The van der Waals surface area contributed by atoms with E-state index in [-0.39, 0.29) is 0 Å². The molecule has 1 aromatic rings. The Labute approximate surface area is 76.9 Å². The first-order chi connectivity index (χ1) is 5.52. The second-order valence-corrected chi connectivity index (χ2v) is 3.22. The third-order valence-electron chi connectivity index (χ3n) is 1.76. The Morgan fingerprint density at radius 2 is 1.58 bits per heavy atom. The summed E-state index contributed by atoms with van der Waals surface area (Å²) in [5.74, 6) is 0. The van der Waals surface area contributed by atoms with Crippen LogP contribution in [-0.2, 0) is 0 Å². The standard InChI is InChI=1S/C8H10BClO2/c1-5-3-7(9(11)12)4-6(2)8(5)10/h3-4,11-12H,1-2H3. The van der Waals surface area contributed by atoms with Crippen LogP contribution < -0.4 is 5.46 Å². The fourth-order valence-corrected chi connectivity index (χ4v) is 1.24. The summed E-state index contributed by atoms with van der Waals surface area (Å²) in [7, 11) is -1.42. The van der Waals surface area contributed by atoms with Crippen LogP contribution in [0.25, 0.3) is 0 Å². The molecule has 64 valence electrons. The van der Waals surface area contributed by atoms with E-state index in [0.29, 0.717) is 10.5 Å². The average Bonchev–Trinajstić information content (AvgIpc) is 1.99. The van der Waals surface area contributed by atoms with Crippen molar-refractivity contribution in [1.82, 2.24) is 0 Å². The summed E-state index contributed by atoms with van der Waals surface area (Å²) in [6.45, 7) is 3.67. The maximum atomic E-state index is 8.88. The van der Waals surface area contributed by atoms with E-state index in [1.54, 1.807) is 12.1 Å². The highest BCUT2D eigenvalue weighted by Crippen LogP contribution is 2.17. The molecule has 0 aliphatic heterocycles. The van der Waals surface area contributed by atoms with Crippen LogP contribution in [0.5, 0.6) is 0 Å². The molecule has 0 aliphatic carbocycles. The lowest BCUT2D eigenvalue weighted by Gasteiger charge is -2.06. The van der Waals surface area contributed by atoms with Gasteiger partial charge in [0.05, 0.1) is 0 Å². The van der Waals surface area contributed by atoms with Crippen molar-refractivity contribution in [2.75, 3.05) is 0 Å². The summed E-state index contributed by atoms with van der Waals surface area (Å²) in [6.07, 6.45) is 0. The predicted molar refractivity (Wildman–Crippen MR) is 50.8 cm³/mol. The van der Waals surface area contributed by atoms with Gasteiger partial charge >= 0.3 is 7.12 Å². The van der Waals surface area contributed by atoms with Gasteiger partial charge in [-0.3, -0.25) is 0 Å². The largest absolute Gasteiger partial charge is 0.488 e. The van der Waals surface area contributed by atoms with Gasteiger partial charge in [-0.1, -0.05) is 23.7 Å². The quantitative estimate of drug-likeness (QED) is 0.629. The second kappa shape index (κ2) is 3.48. The molecule has 0 aromatic heterocycles. The molecule has 0 aliphatic rings. The average molecular weight is 184 g/mol. The van der Waals surface area contributed by atoms with Gasteiger partial charge in [-0.05, 0) is 30.4 Å². The van der Waals surface area contributed by atoms with Crippen LogP contribution in [0.2, 0.25) is 5.02 Å². The van der Waals surface area contributed by atoms with Crippen LogP contribution in [0.1, 0.15) is 11.1 Å². The Kier molecular flexibility index (Phi) is 2.78. The van der Waals surface area contributed by atoms with Crippen LogP contribution in [0.3, 0.4) is 0 Å². The molecule has 0 fully saturated rings. The number of benzene rings is 1. The fourth-order valence-electron chi connectivity index (χ4n) is 1.13. The van der Waals surface area contributed by atoms with E-state index >= 15 is 0 Å². The Morgan fingerprint density at radius 1 is 1.17 bits per heavy atom. The van der Waals surface area contributed by atoms with Gasteiger partial charge in [-0.15, -0.1) is 0 Å². The lowest BCUT2D eigenvalue weighted by molar-refractivity contribution is 0.425. The minimum absolute atomic E-state index is 0.481. The van der Waals surface area contributed by atoms with Gasteiger partial charge in [-0.25, -0.2) is 0 Å². The van der Waals surface area contributed by atoms with Gasteiger partial charge in [0, 0.05) is 5.02 Å². The zero-order valence-electron chi connectivity index (χ0n) is 7.00. The van der Waals surface area contributed by atoms with Crippen LogP contribution in [0.4, 0.5) is 0 Å². The Hall–Kier alpha value is -0.505.